The van der Waals surface area contributed by atoms with Crippen LogP contribution < -0.4 is 11.1 Å². The van der Waals surface area contributed by atoms with Gasteiger partial charge in [-0.25, -0.2) is 0 Å². The van der Waals surface area contributed by atoms with E-state index >= 15 is 0 Å². The SMILES string of the molecule is C[C@H](N)C(=O)NCc1ccc(C#N)cc1. The van der Waals surface area contributed by atoms with Gasteiger partial charge in [0, 0.05) is 6.54 Å². The summed E-state index contributed by atoms with van der Waals surface area (Å²) in [6, 6.07) is 8.58. The van der Waals surface area contributed by atoms with Crippen LogP contribution >= 0.6 is 0 Å². The van der Waals surface area contributed by atoms with Crippen molar-refractivity contribution in [1.29, 1.82) is 5.26 Å². The molecule has 4 nitrogen and oxygen atoms in total. The van der Waals surface area contributed by atoms with Crippen molar-refractivity contribution in [3.05, 3.63) is 35.4 Å². The number of nitrogens with two attached hydrogens (primary N) is 1. The summed E-state index contributed by atoms with van der Waals surface area (Å²) >= 11 is 0. The molecule has 15 heavy (non-hydrogen) atoms. The van der Waals surface area contributed by atoms with Gasteiger partial charge in [-0.3, -0.25) is 4.79 Å². The molecule has 0 spiro atoms. The number of benzene rings is 1. The average molecular weight is 203 g/mol. The third-order valence-corrected chi connectivity index (χ3v) is 1.96. The number of carbonyl (C=O) groups excluding carboxylic acids is 1. The van der Waals surface area contributed by atoms with Gasteiger partial charge in [0.05, 0.1) is 17.7 Å². The molecule has 1 atom stereocenters. The van der Waals surface area contributed by atoms with Crippen LogP contribution in [-0.2, 0) is 11.3 Å². The van der Waals surface area contributed by atoms with E-state index in [0.717, 1.165) is 5.56 Å². The number of rotatable bonds is 3. The summed E-state index contributed by atoms with van der Waals surface area (Å²) in [6.45, 7) is 2.07. The third kappa shape index (κ3) is 3.41. The zero-order chi connectivity index (χ0) is 11.3. The predicted molar refractivity (Wildman–Crippen MR) is 56.7 cm³/mol. The Balaban J connectivity index is 2.52. The molecule has 0 aromatic heterocycles. The lowest BCUT2D eigenvalue weighted by molar-refractivity contribution is -0.122. The number of nitrogens with one attached hydrogen (secondary N) is 1. The second-order valence-corrected chi connectivity index (χ2v) is 3.32. The number of hydrogen-bond acceptors (Lipinski definition) is 3. The Kier molecular flexibility index (Phi) is 3.83. The van der Waals surface area contributed by atoms with Crippen LogP contribution in [-0.4, -0.2) is 11.9 Å². The molecular formula is C11H13N3O. The van der Waals surface area contributed by atoms with Crippen LogP contribution in [0.5, 0.6) is 0 Å². The zero-order valence-corrected chi connectivity index (χ0v) is 8.53. The fourth-order valence-electron chi connectivity index (χ4n) is 1.05. The summed E-state index contributed by atoms with van der Waals surface area (Å²) in [5.74, 6) is -0.181. The van der Waals surface area contributed by atoms with Gasteiger partial charge in [0.25, 0.3) is 0 Å². The van der Waals surface area contributed by atoms with Crippen LogP contribution in [0.1, 0.15) is 18.1 Å². The van der Waals surface area contributed by atoms with Crippen LogP contribution in [0.3, 0.4) is 0 Å². The minimum atomic E-state index is -0.497. The lowest BCUT2D eigenvalue weighted by atomic mass is 10.1. The highest BCUT2D eigenvalue weighted by Gasteiger charge is 2.05. The molecule has 0 radical (unpaired) electrons. The predicted octanol–water partition coefficient (Wildman–Crippen LogP) is 0.522. The Morgan fingerprint density at radius 3 is 2.60 bits per heavy atom. The summed E-state index contributed by atoms with van der Waals surface area (Å²) < 4.78 is 0. The van der Waals surface area contributed by atoms with Gasteiger partial charge >= 0.3 is 0 Å². The quantitative estimate of drug-likeness (QED) is 0.751. The molecule has 3 N–H and O–H groups in total. The number of nitriles is 1. The maximum atomic E-state index is 11.2. The van der Waals surface area contributed by atoms with Crippen LogP contribution in [0.15, 0.2) is 24.3 Å². The normalized spacial score (nSPS) is 11.5. The smallest absolute Gasteiger partial charge is 0.236 e. The van der Waals surface area contributed by atoms with Gasteiger partial charge in [-0.15, -0.1) is 0 Å². The van der Waals surface area contributed by atoms with E-state index < -0.39 is 6.04 Å². The number of amides is 1. The first-order valence-corrected chi connectivity index (χ1v) is 4.66. The van der Waals surface area contributed by atoms with Crippen molar-refractivity contribution < 1.29 is 4.79 Å². The number of carbonyl (C=O) groups is 1. The first kappa shape index (κ1) is 11.2. The monoisotopic (exact) mass is 203 g/mol. The fourth-order valence-corrected chi connectivity index (χ4v) is 1.05. The molecule has 1 aromatic rings. The number of hydrogen-bond donors (Lipinski definition) is 2. The number of nitrogens with zero attached hydrogens (tertiary/aromatic N) is 1. The molecular weight excluding hydrogens is 190 g/mol. The molecule has 0 aliphatic heterocycles. The Morgan fingerprint density at radius 2 is 2.13 bits per heavy atom. The molecule has 0 unspecified atom stereocenters. The van der Waals surface area contributed by atoms with Crippen molar-refractivity contribution in [3.8, 4) is 6.07 Å². The van der Waals surface area contributed by atoms with Crippen molar-refractivity contribution in [1.82, 2.24) is 5.32 Å². The summed E-state index contributed by atoms with van der Waals surface area (Å²) in [5.41, 5.74) is 6.95. The molecule has 4 heteroatoms. The third-order valence-electron chi connectivity index (χ3n) is 1.96. The van der Waals surface area contributed by atoms with E-state index in [1.807, 2.05) is 6.07 Å². The second-order valence-electron chi connectivity index (χ2n) is 3.32. The van der Waals surface area contributed by atoms with Crippen LogP contribution in [0.25, 0.3) is 0 Å². The summed E-state index contributed by atoms with van der Waals surface area (Å²) in [6.07, 6.45) is 0. The van der Waals surface area contributed by atoms with Gasteiger partial charge in [-0.1, -0.05) is 12.1 Å². The van der Waals surface area contributed by atoms with Crippen molar-refractivity contribution in [2.75, 3.05) is 0 Å². The van der Waals surface area contributed by atoms with Crippen LogP contribution in [0.4, 0.5) is 0 Å². The van der Waals surface area contributed by atoms with Gasteiger partial charge in [0.1, 0.15) is 0 Å². The van der Waals surface area contributed by atoms with Gasteiger partial charge in [0.2, 0.25) is 5.91 Å². The fraction of sp³-hybridized carbons (Fsp3) is 0.273. The maximum absolute atomic E-state index is 11.2. The van der Waals surface area contributed by atoms with E-state index in [2.05, 4.69) is 5.32 Å². The summed E-state index contributed by atoms with van der Waals surface area (Å²) in [5, 5.41) is 11.3. The lowest BCUT2D eigenvalue weighted by Gasteiger charge is -2.07. The molecule has 0 bridgehead atoms. The van der Waals surface area contributed by atoms with E-state index in [-0.39, 0.29) is 5.91 Å². The maximum Gasteiger partial charge on any atom is 0.236 e. The molecule has 0 saturated carbocycles. The van der Waals surface area contributed by atoms with Gasteiger partial charge < -0.3 is 11.1 Å². The highest BCUT2D eigenvalue weighted by molar-refractivity contribution is 5.80. The standard InChI is InChI=1S/C11H13N3O/c1-8(13)11(15)14-7-10-4-2-9(6-12)3-5-10/h2-5,8H,7,13H2,1H3,(H,14,15)/t8-/m0/s1. The Labute approximate surface area is 88.7 Å². The second kappa shape index (κ2) is 5.13. The average Bonchev–Trinajstić information content (AvgIpc) is 2.26. The molecule has 0 aliphatic rings. The minimum absolute atomic E-state index is 0.181. The lowest BCUT2D eigenvalue weighted by Crippen LogP contribution is -2.37. The topological polar surface area (TPSA) is 78.9 Å². The molecule has 0 heterocycles. The Morgan fingerprint density at radius 1 is 1.53 bits per heavy atom. The van der Waals surface area contributed by atoms with E-state index in [1.165, 1.54) is 0 Å². The van der Waals surface area contributed by atoms with Crippen LogP contribution in [0.2, 0.25) is 0 Å². The minimum Gasteiger partial charge on any atom is -0.351 e. The molecule has 0 saturated heterocycles. The van der Waals surface area contributed by atoms with Crippen LogP contribution in [0, 0.1) is 11.3 Å². The van der Waals surface area contributed by atoms with Gasteiger partial charge in [-0.2, -0.15) is 5.26 Å². The van der Waals surface area contributed by atoms with E-state index in [1.54, 1.807) is 31.2 Å². The summed E-state index contributed by atoms with van der Waals surface area (Å²) in [7, 11) is 0. The molecule has 78 valence electrons. The first-order chi connectivity index (χ1) is 7.13. The molecule has 1 amide bonds. The Bertz CT molecular complexity index is 376. The van der Waals surface area contributed by atoms with Crippen molar-refractivity contribution >= 4 is 5.91 Å². The van der Waals surface area contributed by atoms with Gasteiger partial charge in [0.15, 0.2) is 0 Å². The highest BCUT2D eigenvalue weighted by Crippen LogP contribution is 2.02. The summed E-state index contributed by atoms with van der Waals surface area (Å²) in [4.78, 5) is 11.2. The zero-order valence-electron chi connectivity index (χ0n) is 8.53. The van der Waals surface area contributed by atoms with E-state index in [4.69, 9.17) is 11.0 Å². The highest BCUT2D eigenvalue weighted by atomic mass is 16.2. The van der Waals surface area contributed by atoms with Crippen molar-refractivity contribution in [2.45, 2.75) is 19.5 Å². The van der Waals surface area contributed by atoms with Crippen molar-refractivity contribution in [3.63, 3.8) is 0 Å². The Hall–Kier alpha value is -1.86. The largest absolute Gasteiger partial charge is 0.351 e. The van der Waals surface area contributed by atoms with E-state index in [9.17, 15) is 4.79 Å². The molecule has 1 aromatic carbocycles. The first-order valence-electron chi connectivity index (χ1n) is 4.66. The molecule has 0 aliphatic carbocycles. The van der Waals surface area contributed by atoms with Crippen molar-refractivity contribution in [2.24, 2.45) is 5.73 Å². The van der Waals surface area contributed by atoms with Gasteiger partial charge in [-0.05, 0) is 24.6 Å². The van der Waals surface area contributed by atoms with E-state index in [0.29, 0.717) is 12.1 Å². The molecule has 0 fully saturated rings. The molecule has 1 rings (SSSR count).